The number of rotatable bonds is 8. The van der Waals surface area contributed by atoms with Gasteiger partial charge in [-0.3, -0.25) is 9.78 Å². The van der Waals surface area contributed by atoms with Crippen LogP contribution in [0.2, 0.25) is 0 Å². The summed E-state index contributed by atoms with van der Waals surface area (Å²) in [5, 5.41) is 3.66. The number of hydrogen-bond donors (Lipinski definition) is 1. The number of nitrogens with zero attached hydrogens (tertiary/aromatic N) is 2. The van der Waals surface area contributed by atoms with Crippen molar-refractivity contribution in [2.24, 2.45) is 0 Å². The van der Waals surface area contributed by atoms with E-state index in [9.17, 15) is 9.18 Å². The van der Waals surface area contributed by atoms with Crippen LogP contribution in [-0.4, -0.2) is 22.1 Å². The van der Waals surface area contributed by atoms with E-state index in [1.807, 2.05) is 36.7 Å². The van der Waals surface area contributed by atoms with E-state index in [4.69, 9.17) is 4.74 Å². The van der Waals surface area contributed by atoms with Gasteiger partial charge < -0.3 is 14.6 Å². The Labute approximate surface area is 174 Å². The zero-order valence-electron chi connectivity index (χ0n) is 16.4. The summed E-state index contributed by atoms with van der Waals surface area (Å²) in [7, 11) is 0. The third kappa shape index (κ3) is 4.66. The van der Waals surface area contributed by atoms with Gasteiger partial charge in [-0.1, -0.05) is 18.2 Å². The minimum atomic E-state index is -0.443. The highest BCUT2D eigenvalue weighted by atomic mass is 19.1. The highest BCUT2D eigenvalue weighted by Crippen LogP contribution is 2.21. The molecule has 4 aromatic rings. The van der Waals surface area contributed by atoms with Gasteiger partial charge in [0.15, 0.2) is 11.6 Å². The highest BCUT2D eigenvalue weighted by molar-refractivity contribution is 5.97. The molecule has 0 saturated heterocycles. The van der Waals surface area contributed by atoms with Crippen LogP contribution in [0.5, 0.6) is 5.75 Å². The summed E-state index contributed by atoms with van der Waals surface area (Å²) >= 11 is 0. The first-order valence-electron chi connectivity index (χ1n) is 9.84. The second-order valence-electron chi connectivity index (χ2n) is 6.95. The molecule has 0 saturated carbocycles. The molecule has 0 aliphatic heterocycles. The van der Waals surface area contributed by atoms with E-state index in [1.54, 1.807) is 42.6 Å². The predicted molar refractivity (Wildman–Crippen MR) is 114 cm³/mol. The molecule has 1 amide bonds. The van der Waals surface area contributed by atoms with Crippen molar-refractivity contribution in [1.82, 2.24) is 14.9 Å². The van der Waals surface area contributed by atoms with Crippen molar-refractivity contribution in [2.75, 3.05) is 6.61 Å². The third-order valence-electron chi connectivity index (χ3n) is 4.83. The normalized spacial score (nSPS) is 10.8. The number of carbonyl (C=O) groups is 1. The van der Waals surface area contributed by atoms with E-state index in [0.29, 0.717) is 17.7 Å². The van der Waals surface area contributed by atoms with Crippen LogP contribution in [0.1, 0.15) is 22.3 Å². The molecule has 0 fully saturated rings. The first-order valence-corrected chi connectivity index (χ1v) is 9.84. The number of aromatic nitrogens is 2. The van der Waals surface area contributed by atoms with Gasteiger partial charge in [0.05, 0.1) is 12.1 Å². The van der Waals surface area contributed by atoms with Gasteiger partial charge in [-0.2, -0.15) is 0 Å². The van der Waals surface area contributed by atoms with Gasteiger partial charge >= 0.3 is 0 Å². The van der Waals surface area contributed by atoms with Gasteiger partial charge in [0, 0.05) is 48.2 Å². The van der Waals surface area contributed by atoms with Crippen LogP contribution in [0.15, 0.2) is 79.3 Å². The Morgan fingerprint density at radius 3 is 2.80 bits per heavy atom. The number of fused-ring (bicyclic) bond motifs is 1. The first-order chi connectivity index (χ1) is 14.7. The summed E-state index contributed by atoms with van der Waals surface area (Å²) in [4.78, 5) is 16.7. The van der Waals surface area contributed by atoms with Crippen molar-refractivity contribution in [2.45, 2.75) is 19.5 Å². The minimum Gasteiger partial charge on any atom is -0.490 e. The Kier molecular flexibility index (Phi) is 6.03. The molecule has 0 atom stereocenters. The first kappa shape index (κ1) is 19.6. The van der Waals surface area contributed by atoms with Crippen LogP contribution in [0.25, 0.3) is 10.9 Å². The Morgan fingerprint density at radius 2 is 1.93 bits per heavy atom. The standard InChI is InChI=1S/C24H22FN3O2/c25-23-20(6-3-8-22(23)30-15-5-14-28-12-1-2-13-28)17-27-24(29)19-9-10-21-18(16-19)7-4-11-26-21/h1-4,6-13,16H,5,14-15,17H2,(H,27,29). The molecule has 152 valence electrons. The van der Waals surface area contributed by atoms with Crippen LogP contribution in [-0.2, 0) is 13.1 Å². The number of ether oxygens (including phenoxy) is 1. The molecule has 0 spiro atoms. The molecule has 2 heterocycles. The van der Waals surface area contributed by atoms with E-state index in [0.717, 1.165) is 23.9 Å². The zero-order valence-corrected chi connectivity index (χ0v) is 16.4. The Morgan fingerprint density at radius 1 is 1.07 bits per heavy atom. The maximum atomic E-state index is 14.7. The van der Waals surface area contributed by atoms with Crippen molar-refractivity contribution >= 4 is 16.8 Å². The molecule has 2 aromatic carbocycles. The molecule has 6 heteroatoms. The highest BCUT2D eigenvalue weighted by Gasteiger charge is 2.12. The maximum absolute atomic E-state index is 14.7. The van der Waals surface area contributed by atoms with Crippen LogP contribution in [0.4, 0.5) is 4.39 Å². The quantitative estimate of drug-likeness (QED) is 0.438. The summed E-state index contributed by atoms with van der Waals surface area (Å²) < 4.78 is 22.4. The average molecular weight is 403 g/mol. The number of hydrogen-bond acceptors (Lipinski definition) is 3. The van der Waals surface area contributed by atoms with E-state index in [2.05, 4.69) is 14.9 Å². The third-order valence-corrected chi connectivity index (χ3v) is 4.83. The lowest BCUT2D eigenvalue weighted by atomic mass is 10.1. The van der Waals surface area contributed by atoms with E-state index >= 15 is 0 Å². The molecule has 0 radical (unpaired) electrons. The van der Waals surface area contributed by atoms with E-state index in [-0.39, 0.29) is 18.2 Å². The SMILES string of the molecule is O=C(NCc1cccc(OCCCn2cccc2)c1F)c1ccc2ncccc2c1. The fourth-order valence-corrected chi connectivity index (χ4v) is 3.25. The van der Waals surface area contributed by atoms with Crippen LogP contribution in [0, 0.1) is 5.82 Å². The molecular formula is C24H22FN3O2. The number of halogens is 1. The summed E-state index contributed by atoms with van der Waals surface area (Å²) in [5.74, 6) is -0.509. The minimum absolute atomic E-state index is 0.0797. The van der Waals surface area contributed by atoms with Gasteiger partial charge in [-0.15, -0.1) is 0 Å². The number of benzene rings is 2. The summed E-state index contributed by atoms with van der Waals surface area (Å²) in [5.41, 5.74) is 1.71. The average Bonchev–Trinajstić information content (AvgIpc) is 3.30. The fraction of sp³-hybridized carbons (Fsp3) is 0.167. The number of carbonyl (C=O) groups excluding carboxylic acids is 1. The number of pyridine rings is 1. The van der Waals surface area contributed by atoms with Crippen LogP contribution in [0.3, 0.4) is 0 Å². The molecule has 1 N–H and O–H groups in total. The second kappa shape index (κ2) is 9.22. The van der Waals surface area contributed by atoms with Gasteiger partial charge in [0.25, 0.3) is 5.91 Å². The van der Waals surface area contributed by atoms with Crippen LogP contribution < -0.4 is 10.1 Å². The number of amides is 1. The topological polar surface area (TPSA) is 56.1 Å². The molecular weight excluding hydrogens is 381 g/mol. The molecule has 0 bridgehead atoms. The Balaban J connectivity index is 1.34. The largest absolute Gasteiger partial charge is 0.490 e. The van der Waals surface area contributed by atoms with E-state index in [1.165, 1.54) is 0 Å². The van der Waals surface area contributed by atoms with Crippen molar-refractivity contribution < 1.29 is 13.9 Å². The fourth-order valence-electron chi connectivity index (χ4n) is 3.25. The summed E-state index contributed by atoms with van der Waals surface area (Å²) in [6, 6.07) is 17.9. The van der Waals surface area contributed by atoms with Gasteiger partial charge in [-0.25, -0.2) is 4.39 Å². The smallest absolute Gasteiger partial charge is 0.251 e. The van der Waals surface area contributed by atoms with Crippen LogP contribution >= 0.6 is 0 Å². The summed E-state index contributed by atoms with van der Waals surface area (Å²) in [6.45, 7) is 1.30. The van der Waals surface area contributed by atoms with Crippen molar-refractivity contribution in [3.8, 4) is 5.75 Å². The molecule has 30 heavy (non-hydrogen) atoms. The number of nitrogens with one attached hydrogen (secondary N) is 1. The lowest BCUT2D eigenvalue weighted by Gasteiger charge is -2.11. The Hall–Kier alpha value is -3.67. The maximum Gasteiger partial charge on any atom is 0.251 e. The molecule has 0 aliphatic carbocycles. The predicted octanol–water partition coefficient (Wildman–Crippen LogP) is 4.57. The van der Waals surface area contributed by atoms with Gasteiger partial charge in [0.2, 0.25) is 0 Å². The number of aryl methyl sites for hydroxylation is 1. The molecule has 0 aliphatic rings. The lowest BCUT2D eigenvalue weighted by Crippen LogP contribution is -2.23. The summed E-state index contributed by atoms with van der Waals surface area (Å²) in [6.07, 6.45) is 6.44. The molecule has 5 nitrogen and oxygen atoms in total. The van der Waals surface area contributed by atoms with E-state index < -0.39 is 5.82 Å². The monoisotopic (exact) mass is 403 g/mol. The van der Waals surface area contributed by atoms with Crippen molar-refractivity contribution in [3.05, 3.63) is 96.2 Å². The molecule has 2 aromatic heterocycles. The Bertz CT molecular complexity index is 1140. The van der Waals surface area contributed by atoms with Gasteiger partial charge in [0.1, 0.15) is 0 Å². The lowest BCUT2D eigenvalue weighted by molar-refractivity contribution is 0.0950. The van der Waals surface area contributed by atoms with Crippen molar-refractivity contribution in [1.29, 1.82) is 0 Å². The second-order valence-corrected chi connectivity index (χ2v) is 6.95. The zero-order chi connectivity index (χ0) is 20.8. The molecule has 0 unspecified atom stereocenters. The van der Waals surface area contributed by atoms with Gasteiger partial charge in [-0.05, 0) is 48.9 Å². The molecule has 4 rings (SSSR count). The van der Waals surface area contributed by atoms with Crippen molar-refractivity contribution in [3.63, 3.8) is 0 Å².